The molecule has 5 aromatic rings. The van der Waals surface area contributed by atoms with Crippen molar-refractivity contribution >= 4 is 34.5 Å². The lowest BCUT2D eigenvalue weighted by molar-refractivity contribution is 0.0760. The number of anilines is 2. The van der Waals surface area contributed by atoms with Crippen LogP contribution in [0.25, 0.3) is 17.0 Å². The van der Waals surface area contributed by atoms with Gasteiger partial charge < -0.3 is 25.3 Å². The molecule has 0 bridgehead atoms. The maximum atomic E-state index is 14.0. The molecule has 0 unspecified atom stereocenters. The number of rotatable bonds is 10. The number of halogens is 2. The van der Waals surface area contributed by atoms with Crippen molar-refractivity contribution in [3.05, 3.63) is 124 Å². The van der Waals surface area contributed by atoms with E-state index in [9.17, 15) is 18.4 Å². The van der Waals surface area contributed by atoms with E-state index in [0.717, 1.165) is 54.7 Å². The zero-order valence-corrected chi connectivity index (χ0v) is 24.7. The van der Waals surface area contributed by atoms with Crippen LogP contribution in [0.4, 0.5) is 20.4 Å². The number of aromatic nitrogens is 4. The number of amides is 1. The molecule has 1 fully saturated rings. The summed E-state index contributed by atoms with van der Waals surface area (Å²) in [6.07, 6.45) is 9.41. The van der Waals surface area contributed by atoms with E-state index in [0.29, 0.717) is 22.8 Å². The van der Waals surface area contributed by atoms with Gasteiger partial charge in [-0.25, -0.2) is 23.7 Å². The van der Waals surface area contributed by atoms with Crippen LogP contribution in [0.3, 0.4) is 0 Å². The standard InChI is InChI=1S/C34H31F2N7O3/c35-28-9-8-23(16-29(28)36)20-43(33(45)27-19-38-21-40-32(27)44)14-4-5-22-15-24-18-39-34(41-25-6-2-1-3-7-25)42-31(24)30(17-22)46-26-10-12-37-13-11-26/h1-9,15-19,21,26,37H,10-14,20H2,(H,38,40,44)(H,39,41,42)/b5-4+. The van der Waals surface area contributed by atoms with Gasteiger partial charge in [-0.3, -0.25) is 9.59 Å². The van der Waals surface area contributed by atoms with Crippen LogP contribution in [-0.4, -0.2) is 56.5 Å². The fourth-order valence-corrected chi connectivity index (χ4v) is 5.19. The molecule has 0 aliphatic carbocycles. The topological polar surface area (TPSA) is 125 Å². The van der Waals surface area contributed by atoms with Crippen molar-refractivity contribution in [1.29, 1.82) is 0 Å². The van der Waals surface area contributed by atoms with Crippen LogP contribution in [0.1, 0.15) is 34.3 Å². The number of benzene rings is 3. The highest BCUT2D eigenvalue weighted by molar-refractivity contribution is 5.93. The Bertz CT molecular complexity index is 1930. The molecule has 2 aromatic heterocycles. The number of ether oxygens (including phenoxy) is 1. The molecule has 10 nitrogen and oxygen atoms in total. The molecule has 0 atom stereocenters. The summed E-state index contributed by atoms with van der Waals surface area (Å²) in [5.41, 5.74) is 1.89. The summed E-state index contributed by atoms with van der Waals surface area (Å²) in [6, 6.07) is 16.9. The van der Waals surface area contributed by atoms with Gasteiger partial charge in [-0.15, -0.1) is 0 Å². The number of fused-ring (bicyclic) bond motifs is 1. The second-order valence-corrected chi connectivity index (χ2v) is 10.8. The van der Waals surface area contributed by atoms with Crippen molar-refractivity contribution in [1.82, 2.24) is 30.2 Å². The molecule has 12 heteroatoms. The first-order valence-corrected chi connectivity index (χ1v) is 14.9. The van der Waals surface area contributed by atoms with Crippen LogP contribution in [0.15, 0.2) is 90.3 Å². The van der Waals surface area contributed by atoms with Crippen molar-refractivity contribution in [2.75, 3.05) is 25.0 Å². The minimum absolute atomic E-state index is 0.0194. The Hall–Kier alpha value is -5.49. The Morgan fingerprint density at radius 2 is 1.87 bits per heavy atom. The summed E-state index contributed by atoms with van der Waals surface area (Å²) >= 11 is 0. The summed E-state index contributed by atoms with van der Waals surface area (Å²) in [4.78, 5) is 42.6. The number of carbonyl (C=O) groups excluding carboxylic acids is 1. The number of nitrogens with zero attached hydrogens (tertiary/aromatic N) is 4. The minimum atomic E-state index is -1.03. The van der Waals surface area contributed by atoms with Crippen LogP contribution in [-0.2, 0) is 6.54 Å². The number of hydrogen-bond acceptors (Lipinski definition) is 8. The second kappa shape index (κ2) is 14.1. The fourth-order valence-electron chi connectivity index (χ4n) is 5.19. The monoisotopic (exact) mass is 623 g/mol. The third-order valence-electron chi connectivity index (χ3n) is 7.51. The second-order valence-electron chi connectivity index (χ2n) is 10.8. The van der Waals surface area contributed by atoms with Crippen LogP contribution < -0.4 is 20.9 Å². The Morgan fingerprint density at radius 1 is 1.04 bits per heavy atom. The van der Waals surface area contributed by atoms with Gasteiger partial charge in [0.15, 0.2) is 11.6 Å². The molecule has 1 aliphatic heterocycles. The third-order valence-corrected chi connectivity index (χ3v) is 7.51. The first kappa shape index (κ1) is 30.5. The molecular weight excluding hydrogens is 592 g/mol. The van der Waals surface area contributed by atoms with E-state index < -0.39 is 23.1 Å². The molecule has 3 aromatic carbocycles. The van der Waals surface area contributed by atoms with Gasteiger partial charge in [-0.05, 0) is 73.5 Å². The smallest absolute Gasteiger partial charge is 0.263 e. The molecule has 1 saturated heterocycles. The number of carbonyl (C=O) groups is 1. The molecule has 0 saturated carbocycles. The maximum absolute atomic E-state index is 14.0. The summed E-state index contributed by atoms with van der Waals surface area (Å²) in [6.45, 7) is 1.71. The molecule has 3 heterocycles. The molecule has 234 valence electrons. The van der Waals surface area contributed by atoms with E-state index in [-0.39, 0.29) is 24.8 Å². The maximum Gasteiger partial charge on any atom is 0.263 e. The van der Waals surface area contributed by atoms with E-state index in [1.54, 1.807) is 12.3 Å². The number of nitrogens with one attached hydrogen (secondary N) is 3. The lowest BCUT2D eigenvalue weighted by Gasteiger charge is -2.24. The van der Waals surface area contributed by atoms with Crippen molar-refractivity contribution in [2.24, 2.45) is 0 Å². The Labute approximate surface area is 263 Å². The largest absolute Gasteiger partial charge is 0.488 e. The van der Waals surface area contributed by atoms with Crippen LogP contribution >= 0.6 is 0 Å². The summed E-state index contributed by atoms with van der Waals surface area (Å²) in [5, 5.41) is 7.34. The van der Waals surface area contributed by atoms with E-state index in [1.807, 2.05) is 48.5 Å². The van der Waals surface area contributed by atoms with Gasteiger partial charge in [0, 0.05) is 36.6 Å². The van der Waals surface area contributed by atoms with E-state index >= 15 is 0 Å². The average molecular weight is 624 g/mol. The number of piperidine rings is 1. The number of H-pyrrole nitrogens is 1. The van der Waals surface area contributed by atoms with E-state index in [2.05, 4.69) is 25.6 Å². The fraction of sp³-hybridized carbons (Fsp3) is 0.206. The third kappa shape index (κ3) is 7.41. The quantitative estimate of drug-likeness (QED) is 0.193. The lowest BCUT2D eigenvalue weighted by Crippen LogP contribution is -2.34. The zero-order chi connectivity index (χ0) is 31.9. The Balaban J connectivity index is 1.29. The minimum Gasteiger partial charge on any atom is -0.488 e. The molecule has 3 N–H and O–H groups in total. The van der Waals surface area contributed by atoms with Gasteiger partial charge in [0.2, 0.25) is 5.95 Å². The molecule has 1 aliphatic rings. The summed E-state index contributed by atoms with van der Waals surface area (Å²) in [5.74, 6) is -1.57. The highest BCUT2D eigenvalue weighted by atomic mass is 19.2. The van der Waals surface area contributed by atoms with E-state index in [4.69, 9.17) is 9.72 Å². The van der Waals surface area contributed by atoms with Crippen LogP contribution in [0.2, 0.25) is 0 Å². The molecule has 1 amide bonds. The van der Waals surface area contributed by atoms with Gasteiger partial charge >= 0.3 is 0 Å². The van der Waals surface area contributed by atoms with Crippen LogP contribution in [0.5, 0.6) is 5.75 Å². The number of para-hydroxylation sites is 1. The first-order valence-electron chi connectivity index (χ1n) is 14.9. The SMILES string of the molecule is O=C(c1cnc[nH]c1=O)N(C/C=C/c1cc(OC2CCNCC2)c2nc(Nc3ccccc3)ncc2c1)Cc1ccc(F)c(F)c1. The Morgan fingerprint density at radius 3 is 2.65 bits per heavy atom. The Kier molecular flexibility index (Phi) is 9.35. The van der Waals surface area contributed by atoms with Crippen molar-refractivity contribution < 1.29 is 18.3 Å². The van der Waals surface area contributed by atoms with Gasteiger partial charge in [0.25, 0.3) is 11.5 Å². The zero-order valence-electron chi connectivity index (χ0n) is 24.7. The number of aromatic amines is 1. The highest BCUT2D eigenvalue weighted by Crippen LogP contribution is 2.30. The van der Waals surface area contributed by atoms with Crippen molar-refractivity contribution in [3.63, 3.8) is 0 Å². The predicted octanol–water partition coefficient (Wildman–Crippen LogP) is 5.22. The van der Waals surface area contributed by atoms with Gasteiger partial charge in [-0.2, -0.15) is 0 Å². The highest BCUT2D eigenvalue weighted by Gasteiger charge is 2.20. The van der Waals surface area contributed by atoms with Gasteiger partial charge in [-0.1, -0.05) is 36.4 Å². The number of hydrogen-bond donors (Lipinski definition) is 3. The predicted molar refractivity (Wildman–Crippen MR) is 171 cm³/mol. The normalized spacial score (nSPS) is 13.6. The average Bonchev–Trinajstić information content (AvgIpc) is 3.07. The summed E-state index contributed by atoms with van der Waals surface area (Å²) in [7, 11) is 0. The van der Waals surface area contributed by atoms with Gasteiger partial charge in [0.05, 0.1) is 6.33 Å². The first-order chi connectivity index (χ1) is 22.4. The molecular formula is C34H31F2N7O3. The molecule has 0 radical (unpaired) electrons. The lowest BCUT2D eigenvalue weighted by atomic mass is 10.1. The molecule has 0 spiro atoms. The van der Waals surface area contributed by atoms with Crippen molar-refractivity contribution in [3.8, 4) is 5.75 Å². The summed E-state index contributed by atoms with van der Waals surface area (Å²) < 4.78 is 34.0. The molecule has 6 rings (SSSR count). The van der Waals surface area contributed by atoms with Crippen LogP contribution in [0, 0.1) is 11.6 Å². The van der Waals surface area contributed by atoms with Gasteiger partial charge in [0.1, 0.15) is 22.9 Å². The van der Waals surface area contributed by atoms with E-state index in [1.165, 1.54) is 23.5 Å². The van der Waals surface area contributed by atoms with Crippen molar-refractivity contribution in [2.45, 2.75) is 25.5 Å². The molecule has 46 heavy (non-hydrogen) atoms.